The summed E-state index contributed by atoms with van der Waals surface area (Å²) in [4.78, 5) is 0. The molecule has 0 amide bonds. The van der Waals surface area contributed by atoms with E-state index in [2.05, 4.69) is 45.5 Å². The molecule has 0 aromatic heterocycles. The molecule has 1 aliphatic carbocycles. The molecule has 2 aliphatic rings. The van der Waals surface area contributed by atoms with E-state index in [0.717, 1.165) is 19.0 Å². The smallest absolute Gasteiger partial charge is 0.0216 e. The van der Waals surface area contributed by atoms with Crippen LogP contribution in [0.4, 0.5) is 0 Å². The fourth-order valence-electron chi connectivity index (χ4n) is 3.53. The number of hydrogen-bond donors (Lipinski definition) is 1. The topological polar surface area (TPSA) is 12.0 Å². The molecule has 1 heterocycles. The fraction of sp³-hybridized carbons (Fsp3) is 0.600. The van der Waals surface area contributed by atoms with Crippen LogP contribution in [0.3, 0.4) is 0 Å². The van der Waals surface area contributed by atoms with Gasteiger partial charge in [0.25, 0.3) is 0 Å². The third-order valence-corrected chi connectivity index (χ3v) is 5.22. The molecule has 92 valence electrons. The maximum Gasteiger partial charge on any atom is 0.0216 e. The highest BCUT2D eigenvalue weighted by molar-refractivity contribution is 9.10. The van der Waals surface area contributed by atoms with Crippen LogP contribution in [0.25, 0.3) is 0 Å². The van der Waals surface area contributed by atoms with Crippen LogP contribution in [0, 0.1) is 5.92 Å². The average molecular weight is 294 g/mol. The Morgan fingerprint density at radius 1 is 1.18 bits per heavy atom. The minimum absolute atomic E-state index is 0.412. The second kappa shape index (κ2) is 4.74. The van der Waals surface area contributed by atoms with Gasteiger partial charge in [-0.25, -0.2) is 0 Å². The van der Waals surface area contributed by atoms with E-state index in [1.165, 1.54) is 42.1 Å². The van der Waals surface area contributed by atoms with Crippen LogP contribution in [0.5, 0.6) is 0 Å². The average Bonchev–Trinajstić information content (AvgIpc) is 2.77. The molecule has 0 unspecified atom stereocenters. The van der Waals surface area contributed by atoms with Crippen molar-refractivity contribution in [3.05, 3.63) is 34.3 Å². The van der Waals surface area contributed by atoms with E-state index in [-0.39, 0.29) is 0 Å². The maximum atomic E-state index is 3.73. The molecule has 1 N–H and O–H groups in total. The lowest BCUT2D eigenvalue weighted by atomic mass is 9.69. The van der Waals surface area contributed by atoms with Gasteiger partial charge in [0.15, 0.2) is 0 Å². The number of nitrogens with one attached hydrogen (secondary N) is 1. The molecule has 2 heteroatoms. The van der Waals surface area contributed by atoms with Crippen LogP contribution in [0.1, 0.15) is 37.7 Å². The van der Waals surface area contributed by atoms with Crippen LogP contribution in [0.2, 0.25) is 0 Å². The standard InChI is InChI=1S/C15H20BrN/c16-14-8-4-3-7-13(14)15(10-17-11-15)9-12-5-1-2-6-12/h3-4,7-8,12,17H,1-2,5-6,9-11H2. The zero-order chi connectivity index (χ0) is 11.7. The minimum atomic E-state index is 0.412. The molecule has 1 nitrogen and oxygen atoms in total. The summed E-state index contributed by atoms with van der Waals surface area (Å²) in [6.45, 7) is 2.32. The van der Waals surface area contributed by atoms with E-state index in [1.54, 1.807) is 0 Å². The van der Waals surface area contributed by atoms with Gasteiger partial charge in [-0.15, -0.1) is 0 Å². The van der Waals surface area contributed by atoms with Gasteiger partial charge in [0.05, 0.1) is 0 Å². The lowest BCUT2D eigenvalue weighted by molar-refractivity contribution is 0.217. The van der Waals surface area contributed by atoms with Gasteiger partial charge in [0.1, 0.15) is 0 Å². The van der Waals surface area contributed by atoms with E-state index in [4.69, 9.17) is 0 Å². The highest BCUT2D eigenvalue weighted by atomic mass is 79.9. The zero-order valence-corrected chi connectivity index (χ0v) is 11.8. The third-order valence-electron chi connectivity index (χ3n) is 4.53. The van der Waals surface area contributed by atoms with Crippen molar-refractivity contribution in [3.8, 4) is 0 Å². The Kier molecular flexibility index (Phi) is 3.27. The van der Waals surface area contributed by atoms with Crippen LogP contribution in [0.15, 0.2) is 28.7 Å². The second-order valence-corrected chi connectivity index (χ2v) is 6.57. The van der Waals surface area contributed by atoms with Crippen molar-refractivity contribution in [2.45, 2.75) is 37.5 Å². The highest BCUT2D eigenvalue weighted by Gasteiger charge is 2.41. The molecule has 1 saturated heterocycles. The van der Waals surface area contributed by atoms with Gasteiger partial charge < -0.3 is 5.32 Å². The number of benzene rings is 1. The van der Waals surface area contributed by atoms with Gasteiger partial charge in [-0.2, -0.15) is 0 Å². The van der Waals surface area contributed by atoms with Crippen molar-refractivity contribution < 1.29 is 0 Å². The van der Waals surface area contributed by atoms with Crippen molar-refractivity contribution >= 4 is 15.9 Å². The first kappa shape index (κ1) is 11.7. The predicted octanol–water partition coefficient (Wildman–Crippen LogP) is 3.87. The van der Waals surface area contributed by atoms with Gasteiger partial charge >= 0.3 is 0 Å². The molecule has 3 rings (SSSR count). The van der Waals surface area contributed by atoms with Crippen molar-refractivity contribution in [2.75, 3.05) is 13.1 Å². The van der Waals surface area contributed by atoms with Crippen molar-refractivity contribution in [2.24, 2.45) is 5.92 Å². The summed E-state index contributed by atoms with van der Waals surface area (Å²) in [7, 11) is 0. The molecule has 2 fully saturated rings. The van der Waals surface area contributed by atoms with E-state index >= 15 is 0 Å². The lowest BCUT2D eigenvalue weighted by Crippen LogP contribution is -2.57. The van der Waals surface area contributed by atoms with E-state index < -0.39 is 0 Å². The molecule has 0 bridgehead atoms. The molecule has 1 aromatic carbocycles. The summed E-state index contributed by atoms with van der Waals surface area (Å²) < 4.78 is 1.29. The second-order valence-electron chi connectivity index (χ2n) is 5.72. The Morgan fingerprint density at radius 3 is 2.47 bits per heavy atom. The molecule has 0 radical (unpaired) electrons. The molecule has 1 saturated carbocycles. The Hall–Kier alpha value is -0.340. The maximum absolute atomic E-state index is 3.73. The first-order valence-corrected chi connectivity index (χ1v) is 7.55. The van der Waals surface area contributed by atoms with E-state index in [1.807, 2.05) is 0 Å². The van der Waals surface area contributed by atoms with Crippen LogP contribution in [-0.4, -0.2) is 13.1 Å². The van der Waals surface area contributed by atoms with Crippen molar-refractivity contribution in [1.29, 1.82) is 0 Å². The normalized spacial score (nSPS) is 23.6. The molecular weight excluding hydrogens is 274 g/mol. The molecule has 0 atom stereocenters. The molecule has 17 heavy (non-hydrogen) atoms. The summed E-state index contributed by atoms with van der Waals surface area (Å²) in [5.41, 5.74) is 1.93. The Bertz CT molecular complexity index is 392. The van der Waals surface area contributed by atoms with Crippen molar-refractivity contribution in [1.82, 2.24) is 5.32 Å². The van der Waals surface area contributed by atoms with Crippen molar-refractivity contribution in [3.63, 3.8) is 0 Å². The van der Waals surface area contributed by atoms with Gasteiger partial charge in [0, 0.05) is 23.0 Å². The minimum Gasteiger partial charge on any atom is -0.315 e. The monoisotopic (exact) mass is 293 g/mol. The van der Waals surface area contributed by atoms with Gasteiger partial charge in [-0.1, -0.05) is 59.8 Å². The van der Waals surface area contributed by atoms with Crippen LogP contribution in [-0.2, 0) is 5.41 Å². The third kappa shape index (κ3) is 2.17. The molecule has 1 aromatic rings. The first-order chi connectivity index (χ1) is 8.30. The summed E-state index contributed by atoms with van der Waals surface area (Å²) >= 11 is 3.73. The largest absolute Gasteiger partial charge is 0.315 e. The molecule has 0 spiro atoms. The van der Waals surface area contributed by atoms with Crippen LogP contribution >= 0.6 is 15.9 Å². The van der Waals surface area contributed by atoms with Gasteiger partial charge in [0.2, 0.25) is 0 Å². The first-order valence-electron chi connectivity index (χ1n) is 6.76. The highest BCUT2D eigenvalue weighted by Crippen LogP contribution is 2.42. The zero-order valence-electron chi connectivity index (χ0n) is 10.2. The molecule has 1 aliphatic heterocycles. The summed E-state index contributed by atoms with van der Waals surface area (Å²) in [6, 6.07) is 8.78. The fourth-order valence-corrected chi connectivity index (χ4v) is 4.24. The van der Waals surface area contributed by atoms with Crippen LogP contribution < -0.4 is 5.32 Å². The number of hydrogen-bond acceptors (Lipinski definition) is 1. The Balaban J connectivity index is 1.83. The quantitative estimate of drug-likeness (QED) is 0.892. The number of rotatable bonds is 3. The summed E-state index contributed by atoms with van der Waals surface area (Å²) in [5.74, 6) is 0.962. The summed E-state index contributed by atoms with van der Waals surface area (Å²) in [5, 5.41) is 3.48. The number of halogens is 1. The Labute approximate surface area is 112 Å². The summed E-state index contributed by atoms with van der Waals surface area (Å²) in [6.07, 6.45) is 7.18. The van der Waals surface area contributed by atoms with Gasteiger partial charge in [-0.05, 0) is 24.0 Å². The van der Waals surface area contributed by atoms with Gasteiger partial charge in [-0.3, -0.25) is 0 Å². The Morgan fingerprint density at radius 2 is 1.88 bits per heavy atom. The van der Waals surface area contributed by atoms with E-state index in [0.29, 0.717) is 5.41 Å². The SMILES string of the molecule is Brc1ccccc1C1(CC2CCCC2)CNC1. The predicted molar refractivity (Wildman–Crippen MR) is 75.3 cm³/mol. The molecular formula is C15H20BrN. The van der Waals surface area contributed by atoms with E-state index in [9.17, 15) is 0 Å². The lowest BCUT2D eigenvalue weighted by Gasteiger charge is -2.45.